The van der Waals surface area contributed by atoms with Crippen LogP contribution in [0.2, 0.25) is 0 Å². The number of amides is 1. The number of carbonyl (C=O) groups excluding carboxylic acids is 1. The first-order chi connectivity index (χ1) is 10.5. The minimum Gasteiger partial charge on any atom is -0.372 e. The van der Waals surface area contributed by atoms with Crippen LogP contribution in [0.4, 0.5) is 0 Å². The van der Waals surface area contributed by atoms with Crippen LogP contribution in [-0.4, -0.2) is 53.6 Å². The Morgan fingerprint density at radius 1 is 1.18 bits per heavy atom. The molecule has 0 N–H and O–H groups in total. The van der Waals surface area contributed by atoms with Crippen LogP contribution in [0, 0.1) is 0 Å². The second-order valence-electron chi connectivity index (χ2n) is 6.67. The minimum absolute atomic E-state index is 0.0640. The number of hydrogen-bond acceptors (Lipinski definition) is 3. The van der Waals surface area contributed by atoms with E-state index in [1.165, 1.54) is 11.1 Å². The van der Waals surface area contributed by atoms with E-state index in [2.05, 4.69) is 29.2 Å². The molecule has 3 rings (SSSR count). The molecule has 0 unspecified atom stereocenters. The summed E-state index contributed by atoms with van der Waals surface area (Å²) in [5.74, 6) is 0.237. The number of fused-ring (bicyclic) bond motifs is 1. The van der Waals surface area contributed by atoms with Crippen LogP contribution in [0.15, 0.2) is 24.3 Å². The zero-order valence-electron chi connectivity index (χ0n) is 13.8. The molecule has 4 heteroatoms. The Bertz CT molecular complexity index is 536. The van der Waals surface area contributed by atoms with Crippen LogP contribution in [0.5, 0.6) is 0 Å². The van der Waals surface area contributed by atoms with Gasteiger partial charge in [-0.25, -0.2) is 0 Å². The summed E-state index contributed by atoms with van der Waals surface area (Å²) in [6.45, 7) is 9.37. The van der Waals surface area contributed by atoms with E-state index in [1.54, 1.807) is 0 Å². The summed E-state index contributed by atoms with van der Waals surface area (Å²) in [6, 6.07) is 8.49. The quantitative estimate of drug-likeness (QED) is 0.838. The van der Waals surface area contributed by atoms with E-state index in [-0.39, 0.29) is 24.2 Å². The highest BCUT2D eigenvalue weighted by atomic mass is 16.5. The lowest BCUT2D eigenvalue weighted by Crippen LogP contribution is -2.54. The highest BCUT2D eigenvalue weighted by Crippen LogP contribution is 2.22. The van der Waals surface area contributed by atoms with Gasteiger partial charge in [0, 0.05) is 26.2 Å². The van der Waals surface area contributed by atoms with Crippen molar-refractivity contribution in [3.63, 3.8) is 0 Å². The van der Waals surface area contributed by atoms with Gasteiger partial charge in [0.2, 0.25) is 5.91 Å². The molecular formula is C18H26N2O2. The molecule has 1 amide bonds. The highest BCUT2D eigenvalue weighted by molar-refractivity contribution is 5.81. The fourth-order valence-corrected chi connectivity index (χ4v) is 3.63. The molecule has 2 heterocycles. The summed E-state index contributed by atoms with van der Waals surface area (Å²) < 4.78 is 5.73. The maximum Gasteiger partial charge on any atom is 0.239 e. The van der Waals surface area contributed by atoms with Crippen molar-refractivity contribution in [2.45, 2.75) is 52.0 Å². The normalized spacial score (nSPS) is 27.3. The summed E-state index contributed by atoms with van der Waals surface area (Å²) >= 11 is 0. The molecule has 1 aromatic rings. The molecule has 1 aromatic carbocycles. The molecule has 0 saturated carbocycles. The monoisotopic (exact) mass is 302 g/mol. The number of morpholine rings is 1. The average Bonchev–Trinajstić information content (AvgIpc) is 2.52. The maximum absolute atomic E-state index is 12.8. The smallest absolute Gasteiger partial charge is 0.239 e. The third-order valence-corrected chi connectivity index (χ3v) is 4.80. The molecule has 3 atom stereocenters. The van der Waals surface area contributed by atoms with Crippen LogP contribution in [0.25, 0.3) is 0 Å². The van der Waals surface area contributed by atoms with Gasteiger partial charge < -0.3 is 9.64 Å². The number of ether oxygens (including phenoxy) is 1. The average molecular weight is 302 g/mol. The van der Waals surface area contributed by atoms with E-state index in [4.69, 9.17) is 4.74 Å². The second-order valence-corrected chi connectivity index (χ2v) is 6.67. The number of rotatable bonds is 2. The van der Waals surface area contributed by atoms with Gasteiger partial charge in [-0.1, -0.05) is 24.3 Å². The molecule has 1 saturated heterocycles. The lowest BCUT2D eigenvalue weighted by molar-refractivity contribution is -0.148. The van der Waals surface area contributed by atoms with Crippen molar-refractivity contribution in [2.75, 3.05) is 19.6 Å². The standard InChI is InChI=1S/C18H26N2O2/c1-13-10-20(11-14(2)22-13)18(21)15(3)19-9-8-16-6-4-5-7-17(16)12-19/h4-7,13-15H,8-12H2,1-3H3/t13-,14-,15+/m0/s1. The molecular weight excluding hydrogens is 276 g/mol. The molecule has 0 aromatic heterocycles. The summed E-state index contributed by atoms with van der Waals surface area (Å²) in [7, 11) is 0. The lowest BCUT2D eigenvalue weighted by atomic mass is 9.98. The molecule has 0 spiro atoms. The first-order valence-corrected chi connectivity index (χ1v) is 8.29. The zero-order chi connectivity index (χ0) is 15.7. The minimum atomic E-state index is -0.0640. The molecule has 120 valence electrons. The van der Waals surface area contributed by atoms with E-state index < -0.39 is 0 Å². The molecule has 0 bridgehead atoms. The van der Waals surface area contributed by atoms with Crippen molar-refractivity contribution in [2.24, 2.45) is 0 Å². The van der Waals surface area contributed by atoms with Gasteiger partial charge in [0.25, 0.3) is 0 Å². The van der Waals surface area contributed by atoms with Gasteiger partial charge >= 0.3 is 0 Å². The van der Waals surface area contributed by atoms with Crippen LogP contribution >= 0.6 is 0 Å². The lowest BCUT2D eigenvalue weighted by Gasteiger charge is -2.40. The van der Waals surface area contributed by atoms with Gasteiger partial charge in [-0.05, 0) is 38.3 Å². The van der Waals surface area contributed by atoms with E-state index in [1.807, 2.05) is 25.7 Å². The Morgan fingerprint density at radius 2 is 1.82 bits per heavy atom. The topological polar surface area (TPSA) is 32.8 Å². The Morgan fingerprint density at radius 3 is 2.50 bits per heavy atom. The third-order valence-electron chi connectivity index (χ3n) is 4.80. The van der Waals surface area contributed by atoms with Crippen LogP contribution < -0.4 is 0 Å². The molecule has 2 aliphatic heterocycles. The molecule has 2 aliphatic rings. The van der Waals surface area contributed by atoms with Crippen molar-refractivity contribution in [1.82, 2.24) is 9.80 Å². The number of nitrogens with zero attached hydrogens (tertiary/aromatic N) is 2. The Hall–Kier alpha value is -1.39. The van der Waals surface area contributed by atoms with Gasteiger partial charge in [-0.3, -0.25) is 9.69 Å². The van der Waals surface area contributed by atoms with Crippen LogP contribution in [0.1, 0.15) is 31.9 Å². The maximum atomic E-state index is 12.8. The first kappa shape index (κ1) is 15.5. The van der Waals surface area contributed by atoms with E-state index in [0.717, 1.165) is 19.5 Å². The number of carbonyl (C=O) groups is 1. The second kappa shape index (κ2) is 6.39. The summed E-state index contributed by atoms with van der Waals surface area (Å²) in [4.78, 5) is 17.1. The van der Waals surface area contributed by atoms with Gasteiger partial charge in [0.15, 0.2) is 0 Å². The Balaban J connectivity index is 1.66. The molecule has 1 fully saturated rings. The first-order valence-electron chi connectivity index (χ1n) is 8.29. The highest BCUT2D eigenvalue weighted by Gasteiger charge is 2.32. The summed E-state index contributed by atoms with van der Waals surface area (Å²) in [5.41, 5.74) is 2.78. The van der Waals surface area contributed by atoms with Gasteiger partial charge in [-0.15, -0.1) is 0 Å². The van der Waals surface area contributed by atoms with E-state index in [9.17, 15) is 4.79 Å². The zero-order valence-corrected chi connectivity index (χ0v) is 13.8. The van der Waals surface area contributed by atoms with Gasteiger partial charge in [0.1, 0.15) is 0 Å². The van der Waals surface area contributed by atoms with Crippen molar-refractivity contribution in [3.8, 4) is 0 Å². The molecule has 22 heavy (non-hydrogen) atoms. The number of benzene rings is 1. The fraction of sp³-hybridized carbons (Fsp3) is 0.611. The summed E-state index contributed by atoms with van der Waals surface area (Å²) in [6.07, 6.45) is 1.29. The van der Waals surface area contributed by atoms with Crippen LogP contribution in [-0.2, 0) is 22.5 Å². The van der Waals surface area contributed by atoms with E-state index >= 15 is 0 Å². The molecule has 0 radical (unpaired) electrons. The Kier molecular flexibility index (Phi) is 4.50. The predicted molar refractivity (Wildman–Crippen MR) is 86.6 cm³/mol. The number of hydrogen-bond donors (Lipinski definition) is 0. The summed E-state index contributed by atoms with van der Waals surface area (Å²) in [5, 5.41) is 0. The van der Waals surface area contributed by atoms with E-state index in [0.29, 0.717) is 13.1 Å². The molecule has 0 aliphatic carbocycles. The largest absolute Gasteiger partial charge is 0.372 e. The van der Waals surface area contributed by atoms with Crippen LogP contribution in [0.3, 0.4) is 0 Å². The van der Waals surface area contributed by atoms with Gasteiger partial charge in [-0.2, -0.15) is 0 Å². The van der Waals surface area contributed by atoms with Crippen molar-refractivity contribution in [3.05, 3.63) is 35.4 Å². The fourth-order valence-electron chi connectivity index (χ4n) is 3.63. The molecule has 4 nitrogen and oxygen atoms in total. The van der Waals surface area contributed by atoms with Crippen molar-refractivity contribution in [1.29, 1.82) is 0 Å². The van der Waals surface area contributed by atoms with Crippen molar-refractivity contribution >= 4 is 5.91 Å². The Labute approximate surface area is 133 Å². The third kappa shape index (κ3) is 3.18. The van der Waals surface area contributed by atoms with Crippen molar-refractivity contribution < 1.29 is 9.53 Å². The van der Waals surface area contributed by atoms with Gasteiger partial charge in [0.05, 0.1) is 18.2 Å². The SMILES string of the molecule is C[C@H](C(=O)N1C[C@H](C)O[C@@H](C)C1)N1CCc2ccccc2C1. The predicted octanol–water partition coefficient (Wildman–Crippen LogP) is 2.07.